The average Bonchev–Trinajstić information content (AvgIpc) is 3.32. The van der Waals surface area contributed by atoms with Gasteiger partial charge in [0.1, 0.15) is 6.10 Å². The number of hydrogen-bond donors (Lipinski definition) is 0. The molecule has 5 heteroatoms. The first kappa shape index (κ1) is 16.6. The Labute approximate surface area is 148 Å². The standard InChI is InChI=1S/C19H28N2O2S/c1-15-13-20(14-16-5-4-12-24-16)11-8-19(15)7-6-17(23-19)18(22)21-9-2-3-10-21/h4-5,12,15,17H,2-3,6-11,13-14H2,1H3. The van der Waals surface area contributed by atoms with Crippen LogP contribution < -0.4 is 0 Å². The van der Waals surface area contributed by atoms with E-state index < -0.39 is 0 Å². The zero-order valence-corrected chi connectivity index (χ0v) is 15.4. The molecule has 0 saturated carbocycles. The monoisotopic (exact) mass is 348 g/mol. The van der Waals surface area contributed by atoms with Gasteiger partial charge in [0.05, 0.1) is 5.60 Å². The fourth-order valence-electron chi connectivity index (χ4n) is 4.64. The molecule has 3 aliphatic heterocycles. The largest absolute Gasteiger partial charge is 0.362 e. The molecular formula is C19H28N2O2S. The number of hydrogen-bond acceptors (Lipinski definition) is 4. The molecule has 4 rings (SSSR count). The van der Waals surface area contributed by atoms with Gasteiger partial charge in [-0.3, -0.25) is 9.69 Å². The van der Waals surface area contributed by atoms with E-state index >= 15 is 0 Å². The van der Waals surface area contributed by atoms with Gasteiger partial charge in [-0.1, -0.05) is 13.0 Å². The summed E-state index contributed by atoms with van der Waals surface area (Å²) in [5.74, 6) is 0.736. The minimum absolute atomic E-state index is 0.0635. The molecule has 0 aliphatic carbocycles. The van der Waals surface area contributed by atoms with Crippen LogP contribution in [-0.4, -0.2) is 53.6 Å². The van der Waals surface area contributed by atoms with E-state index in [1.54, 1.807) is 0 Å². The lowest BCUT2D eigenvalue weighted by Gasteiger charge is -2.44. The highest BCUT2D eigenvalue weighted by Gasteiger charge is 2.49. The fraction of sp³-hybridized carbons (Fsp3) is 0.737. The molecule has 0 bridgehead atoms. The van der Waals surface area contributed by atoms with Crippen LogP contribution in [0.25, 0.3) is 0 Å². The van der Waals surface area contributed by atoms with Gasteiger partial charge in [-0.2, -0.15) is 0 Å². The minimum atomic E-state index is -0.186. The maximum absolute atomic E-state index is 12.6. The van der Waals surface area contributed by atoms with E-state index in [4.69, 9.17) is 4.74 Å². The van der Waals surface area contributed by atoms with Crippen molar-refractivity contribution in [2.45, 2.75) is 57.3 Å². The van der Waals surface area contributed by atoms with Gasteiger partial charge >= 0.3 is 0 Å². The van der Waals surface area contributed by atoms with Gasteiger partial charge in [0, 0.05) is 37.6 Å². The molecular weight excluding hydrogens is 320 g/mol. The topological polar surface area (TPSA) is 32.8 Å². The molecule has 4 nitrogen and oxygen atoms in total. The number of rotatable bonds is 3. The summed E-state index contributed by atoms with van der Waals surface area (Å²) in [5.41, 5.74) is -0.0635. The van der Waals surface area contributed by atoms with E-state index in [-0.39, 0.29) is 17.6 Å². The Morgan fingerprint density at radius 2 is 2.17 bits per heavy atom. The molecule has 24 heavy (non-hydrogen) atoms. The van der Waals surface area contributed by atoms with Gasteiger partial charge in [-0.15, -0.1) is 11.3 Å². The number of amides is 1. The highest BCUT2D eigenvalue weighted by Crippen LogP contribution is 2.43. The van der Waals surface area contributed by atoms with Crippen LogP contribution in [0.3, 0.4) is 0 Å². The van der Waals surface area contributed by atoms with Crippen molar-refractivity contribution in [3.8, 4) is 0 Å². The van der Waals surface area contributed by atoms with Gasteiger partial charge in [0.15, 0.2) is 0 Å². The molecule has 0 N–H and O–H groups in total. The predicted octanol–water partition coefficient (Wildman–Crippen LogP) is 3.13. The summed E-state index contributed by atoms with van der Waals surface area (Å²) < 4.78 is 6.44. The highest BCUT2D eigenvalue weighted by molar-refractivity contribution is 7.09. The van der Waals surface area contributed by atoms with Gasteiger partial charge in [-0.05, 0) is 49.5 Å². The number of nitrogens with zero attached hydrogens (tertiary/aromatic N) is 2. The van der Waals surface area contributed by atoms with Crippen LogP contribution in [0.2, 0.25) is 0 Å². The van der Waals surface area contributed by atoms with Crippen LogP contribution in [-0.2, 0) is 16.1 Å². The van der Waals surface area contributed by atoms with Crippen molar-refractivity contribution >= 4 is 17.2 Å². The molecule has 3 atom stereocenters. The maximum atomic E-state index is 12.6. The molecule has 132 valence electrons. The normalized spacial score (nSPS) is 34.3. The molecule has 3 aliphatic rings. The second-order valence-electron chi connectivity index (χ2n) is 7.71. The third kappa shape index (κ3) is 3.14. The quantitative estimate of drug-likeness (QED) is 0.841. The second kappa shape index (κ2) is 6.77. The van der Waals surface area contributed by atoms with Crippen molar-refractivity contribution in [1.82, 2.24) is 9.80 Å². The summed E-state index contributed by atoms with van der Waals surface area (Å²) in [7, 11) is 0. The smallest absolute Gasteiger partial charge is 0.251 e. The van der Waals surface area contributed by atoms with E-state index in [2.05, 4.69) is 29.3 Å². The van der Waals surface area contributed by atoms with E-state index in [1.807, 2.05) is 16.2 Å². The van der Waals surface area contributed by atoms with Crippen molar-refractivity contribution in [1.29, 1.82) is 0 Å². The van der Waals surface area contributed by atoms with Crippen LogP contribution in [0.4, 0.5) is 0 Å². The number of thiophene rings is 1. The Kier molecular flexibility index (Phi) is 4.67. The molecule has 1 spiro atoms. The Bertz CT molecular complexity index is 570. The summed E-state index contributed by atoms with van der Waals surface area (Å²) in [6.07, 6.45) is 5.13. The van der Waals surface area contributed by atoms with Crippen molar-refractivity contribution in [2.24, 2.45) is 5.92 Å². The number of likely N-dealkylation sites (tertiary alicyclic amines) is 2. The highest BCUT2D eigenvalue weighted by atomic mass is 32.1. The first-order chi connectivity index (χ1) is 11.7. The summed E-state index contributed by atoms with van der Waals surface area (Å²) in [4.78, 5) is 18.6. The van der Waals surface area contributed by atoms with E-state index in [1.165, 1.54) is 4.88 Å². The first-order valence-corrected chi connectivity index (χ1v) is 10.3. The van der Waals surface area contributed by atoms with Crippen LogP contribution in [0.15, 0.2) is 17.5 Å². The number of ether oxygens (including phenoxy) is 1. The lowest BCUT2D eigenvalue weighted by atomic mass is 9.80. The molecule has 1 aromatic rings. The minimum Gasteiger partial charge on any atom is -0.362 e. The molecule has 3 saturated heterocycles. The van der Waals surface area contributed by atoms with E-state index in [0.29, 0.717) is 5.92 Å². The second-order valence-corrected chi connectivity index (χ2v) is 8.74. The molecule has 1 aromatic heterocycles. The number of carbonyl (C=O) groups is 1. The predicted molar refractivity (Wildman–Crippen MR) is 96.0 cm³/mol. The van der Waals surface area contributed by atoms with Crippen LogP contribution in [0, 0.1) is 5.92 Å². The fourth-order valence-corrected chi connectivity index (χ4v) is 5.39. The number of carbonyl (C=O) groups excluding carboxylic acids is 1. The van der Waals surface area contributed by atoms with Gasteiger partial charge in [0.2, 0.25) is 0 Å². The van der Waals surface area contributed by atoms with Gasteiger partial charge in [0.25, 0.3) is 5.91 Å². The zero-order valence-electron chi connectivity index (χ0n) is 14.6. The molecule has 3 fully saturated rings. The van der Waals surface area contributed by atoms with Crippen molar-refractivity contribution in [3.05, 3.63) is 22.4 Å². The van der Waals surface area contributed by atoms with Crippen molar-refractivity contribution < 1.29 is 9.53 Å². The molecule has 0 aromatic carbocycles. The van der Waals surface area contributed by atoms with Crippen LogP contribution in [0.5, 0.6) is 0 Å². The van der Waals surface area contributed by atoms with Crippen molar-refractivity contribution in [2.75, 3.05) is 26.2 Å². The summed E-state index contributed by atoms with van der Waals surface area (Å²) in [6.45, 7) is 7.36. The molecule has 4 heterocycles. The average molecular weight is 349 g/mol. The summed E-state index contributed by atoms with van der Waals surface area (Å²) in [5, 5.41) is 2.15. The van der Waals surface area contributed by atoms with E-state index in [9.17, 15) is 4.79 Å². The molecule has 3 unspecified atom stereocenters. The first-order valence-electron chi connectivity index (χ1n) is 9.38. The van der Waals surface area contributed by atoms with Crippen LogP contribution in [0.1, 0.15) is 43.9 Å². The van der Waals surface area contributed by atoms with Gasteiger partial charge in [-0.25, -0.2) is 0 Å². The third-order valence-corrected chi connectivity index (χ3v) is 7.00. The Morgan fingerprint density at radius 3 is 2.88 bits per heavy atom. The lowest BCUT2D eigenvalue weighted by Crippen LogP contribution is -2.51. The van der Waals surface area contributed by atoms with E-state index in [0.717, 1.165) is 64.8 Å². The lowest BCUT2D eigenvalue weighted by molar-refractivity contribution is -0.156. The molecule has 0 radical (unpaired) electrons. The van der Waals surface area contributed by atoms with Crippen LogP contribution >= 0.6 is 11.3 Å². The van der Waals surface area contributed by atoms with Gasteiger partial charge < -0.3 is 9.64 Å². The third-order valence-electron chi connectivity index (χ3n) is 6.14. The zero-order chi connectivity index (χ0) is 16.6. The number of piperidine rings is 1. The Morgan fingerprint density at radius 1 is 1.33 bits per heavy atom. The summed E-state index contributed by atoms with van der Waals surface area (Å²) >= 11 is 1.84. The maximum Gasteiger partial charge on any atom is 0.251 e. The molecule has 1 amide bonds. The summed E-state index contributed by atoms with van der Waals surface area (Å²) in [6, 6.07) is 4.35. The Hall–Kier alpha value is -0.910. The SMILES string of the molecule is CC1CN(Cc2cccs2)CCC12CCC(C(=O)N1CCCC1)O2. The Balaban J connectivity index is 1.35. The van der Waals surface area contributed by atoms with Crippen molar-refractivity contribution in [3.63, 3.8) is 0 Å².